The Morgan fingerprint density at radius 2 is 1.72 bits per heavy atom. The van der Waals surface area contributed by atoms with Gasteiger partial charge in [-0.1, -0.05) is 60.7 Å². The molecule has 1 aliphatic rings. The Labute approximate surface area is 208 Å². The molecule has 4 aromatic carbocycles. The Bertz CT molecular complexity index is 1600. The number of hydrogen-bond acceptors (Lipinski definition) is 5. The monoisotopic (exact) mass is 476 g/mol. The molecule has 36 heavy (non-hydrogen) atoms. The summed E-state index contributed by atoms with van der Waals surface area (Å²) in [7, 11) is 0. The largest absolute Gasteiger partial charge is 0.454 e. The van der Waals surface area contributed by atoms with Gasteiger partial charge in [0.2, 0.25) is 6.79 Å². The van der Waals surface area contributed by atoms with Crippen molar-refractivity contribution < 1.29 is 14.3 Å². The highest BCUT2D eigenvalue weighted by Crippen LogP contribution is 2.34. The topological polar surface area (TPSA) is 76.9 Å². The van der Waals surface area contributed by atoms with Gasteiger partial charge in [-0.2, -0.15) is 5.10 Å². The number of hydrogen-bond donors (Lipinski definition) is 2. The predicted octanol–water partition coefficient (Wildman–Crippen LogP) is 5.13. The first kappa shape index (κ1) is 21.7. The third-order valence-electron chi connectivity index (χ3n) is 6.26. The summed E-state index contributed by atoms with van der Waals surface area (Å²) < 4.78 is 12.9. The van der Waals surface area contributed by atoms with Gasteiger partial charge in [-0.15, -0.1) is 0 Å². The maximum absolute atomic E-state index is 12.3. The summed E-state index contributed by atoms with van der Waals surface area (Å²) in [5.74, 6) is 1.12. The van der Waals surface area contributed by atoms with Crippen LogP contribution in [0.4, 0.5) is 5.69 Å². The van der Waals surface area contributed by atoms with Crippen LogP contribution in [-0.4, -0.2) is 30.0 Å². The number of amides is 1. The Morgan fingerprint density at radius 1 is 0.917 bits per heavy atom. The fourth-order valence-corrected chi connectivity index (χ4v) is 4.52. The highest BCUT2D eigenvalue weighted by Gasteiger charge is 2.13. The summed E-state index contributed by atoms with van der Waals surface area (Å²) in [5.41, 5.74) is 6.68. The van der Waals surface area contributed by atoms with Crippen LogP contribution in [0.3, 0.4) is 0 Å². The number of carbonyl (C=O) groups excluding carboxylic acids is 1. The predicted molar refractivity (Wildman–Crippen MR) is 142 cm³/mol. The van der Waals surface area contributed by atoms with Crippen molar-refractivity contribution in [3.63, 3.8) is 0 Å². The van der Waals surface area contributed by atoms with Crippen LogP contribution in [0.1, 0.15) is 11.1 Å². The van der Waals surface area contributed by atoms with Crippen molar-refractivity contribution in [3.8, 4) is 11.5 Å². The van der Waals surface area contributed by atoms with Gasteiger partial charge in [-0.25, -0.2) is 5.43 Å². The maximum Gasteiger partial charge on any atom is 0.259 e. The summed E-state index contributed by atoms with van der Waals surface area (Å²) in [5, 5.41) is 10.8. The number of aromatic nitrogens is 1. The van der Waals surface area contributed by atoms with Gasteiger partial charge in [-0.3, -0.25) is 4.79 Å². The van der Waals surface area contributed by atoms with Crippen molar-refractivity contribution in [2.75, 3.05) is 18.7 Å². The van der Waals surface area contributed by atoms with E-state index in [1.54, 1.807) is 6.21 Å². The van der Waals surface area contributed by atoms with Gasteiger partial charge < -0.3 is 19.4 Å². The van der Waals surface area contributed by atoms with Crippen LogP contribution < -0.4 is 20.2 Å². The van der Waals surface area contributed by atoms with Crippen LogP contribution >= 0.6 is 0 Å². The summed E-state index contributed by atoms with van der Waals surface area (Å²) in [6.07, 6.45) is 3.77. The van der Waals surface area contributed by atoms with Gasteiger partial charge in [0.1, 0.15) is 0 Å². The van der Waals surface area contributed by atoms with Crippen LogP contribution in [0, 0.1) is 0 Å². The lowest BCUT2D eigenvalue weighted by atomic mass is 10.0. The molecule has 0 atom stereocenters. The Morgan fingerprint density at radius 3 is 2.67 bits per heavy atom. The second-order valence-electron chi connectivity index (χ2n) is 8.58. The number of carbonyl (C=O) groups is 1. The molecule has 0 saturated carbocycles. The Hall–Kier alpha value is -4.78. The zero-order chi connectivity index (χ0) is 24.3. The molecule has 0 radical (unpaired) electrons. The minimum atomic E-state index is -0.247. The van der Waals surface area contributed by atoms with Crippen molar-refractivity contribution in [1.29, 1.82) is 0 Å². The molecule has 1 amide bonds. The van der Waals surface area contributed by atoms with Crippen LogP contribution in [0.5, 0.6) is 11.5 Å². The highest BCUT2D eigenvalue weighted by molar-refractivity contribution is 6.00. The van der Waals surface area contributed by atoms with Gasteiger partial charge in [-0.05, 0) is 34.5 Å². The molecule has 2 N–H and O–H groups in total. The molecule has 0 unspecified atom stereocenters. The molecule has 178 valence electrons. The first-order valence-corrected chi connectivity index (χ1v) is 11.7. The van der Waals surface area contributed by atoms with E-state index < -0.39 is 0 Å². The number of para-hydroxylation sites is 1. The molecule has 7 heteroatoms. The molecule has 0 spiro atoms. The van der Waals surface area contributed by atoms with E-state index in [-0.39, 0.29) is 19.2 Å². The normalized spacial score (nSPS) is 12.4. The summed E-state index contributed by atoms with van der Waals surface area (Å²) in [6, 6.07) is 28.5. The summed E-state index contributed by atoms with van der Waals surface area (Å²) in [4.78, 5) is 12.3. The van der Waals surface area contributed by atoms with E-state index in [9.17, 15) is 4.79 Å². The highest BCUT2D eigenvalue weighted by atomic mass is 16.7. The SMILES string of the molecule is O=C(CNc1ccc2c(c1)OCO2)N/N=C\c1cn(Cc2cccc3ccccc23)c2ccccc12. The lowest BCUT2D eigenvalue weighted by Gasteiger charge is -2.09. The van der Waals surface area contributed by atoms with E-state index in [0.717, 1.165) is 28.7 Å². The minimum absolute atomic E-state index is 0.0832. The minimum Gasteiger partial charge on any atom is -0.454 e. The quantitative estimate of drug-likeness (QED) is 0.252. The second-order valence-corrected chi connectivity index (χ2v) is 8.58. The van der Waals surface area contributed by atoms with Gasteiger partial charge >= 0.3 is 0 Å². The van der Waals surface area contributed by atoms with Crippen LogP contribution in [-0.2, 0) is 11.3 Å². The first-order valence-electron chi connectivity index (χ1n) is 11.7. The molecular weight excluding hydrogens is 452 g/mol. The standard InChI is InChI=1S/C29H24N4O3/c34-29(16-30-23-12-13-27-28(14-23)36-19-35-27)32-31-15-22-18-33(26-11-4-3-10-25(22)26)17-21-8-5-7-20-6-1-2-9-24(20)21/h1-15,18,30H,16-17,19H2,(H,32,34)/b31-15-. The number of benzene rings is 4. The molecule has 0 aliphatic carbocycles. The fraction of sp³-hybridized carbons (Fsp3) is 0.103. The number of fused-ring (bicyclic) bond motifs is 3. The average Bonchev–Trinajstić information content (AvgIpc) is 3.52. The van der Waals surface area contributed by atoms with Gasteiger partial charge in [0, 0.05) is 41.0 Å². The fourth-order valence-electron chi connectivity index (χ4n) is 4.52. The van der Waals surface area contributed by atoms with E-state index in [0.29, 0.717) is 11.5 Å². The molecular formula is C29H24N4O3. The number of anilines is 1. The average molecular weight is 477 g/mol. The van der Waals surface area contributed by atoms with Gasteiger partial charge in [0.05, 0.1) is 12.8 Å². The molecule has 2 heterocycles. The third-order valence-corrected chi connectivity index (χ3v) is 6.26. The molecule has 1 aromatic heterocycles. The van der Waals surface area contributed by atoms with E-state index in [1.807, 2.05) is 30.3 Å². The molecule has 0 saturated heterocycles. The number of hydrazone groups is 1. The van der Waals surface area contributed by atoms with E-state index >= 15 is 0 Å². The molecule has 0 bridgehead atoms. The van der Waals surface area contributed by atoms with E-state index in [4.69, 9.17) is 9.47 Å². The maximum atomic E-state index is 12.3. The zero-order valence-electron chi connectivity index (χ0n) is 19.5. The first-order chi connectivity index (χ1) is 17.7. The van der Waals surface area contributed by atoms with E-state index in [2.05, 4.69) is 81.2 Å². The molecule has 1 aliphatic heterocycles. The molecule has 7 nitrogen and oxygen atoms in total. The van der Waals surface area contributed by atoms with Crippen molar-refractivity contribution in [1.82, 2.24) is 9.99 Å². The van der Waals surface area contributed by atoms with Crippen LogP contribution in [0.2, 0.25) is 0 Å². The van der Waals surface area contributed by atoms with Crippen LogP contribution in [0.25, 0.3) is 21.7 Å². The lowest BCUT2D eigenvalue weighted by molar-refractivity contribution is -0.119. The van der Waals surface area contributed by atoms with E-state index in [1.165, 1.54) is 16.3 Å². The smallest absolute Gasteiger partial charge is 0.259 e. The molecule has 6 rings (SSSR count). The van der Waals surface area contributed by atoms with Crippen molar-refractivity contribution >= 4 is 39.5 Å². The second kappa shape index (κ2) is 9.46. The van der Waals surface area contributed by atoms with Crippen molar-refractivity contribution in [3.05, 3.63) is 102 Å². The molecule has 5 aromatic rings. The Kier molecular flexibility index (Phi) is 5.71. The lowest BCUT2D eigenvalue weighted by Crippen LogP contribution is -2.25. The number of nitrogens with one attached hydrogen (secondary N) is 2. The van der Waals surface area contributed by atoms with Crippen molar-refractivity contribution in [2.24, 2.45) is 5.10 Å². The number of ether oxygens (including phenoxy) is 2. The summed E-state index contributed by atoms with van der Waals surface area (Å²) >= 11 is 0. The third kappa shape index (κ3) is 4.34. The van der Waals surface area contributed by atoms with Crippen LogP contribution in [0.15, 0.2) is 96.2 Å². The number of nitrogens with zero attached hydrogens (tertiary/aromatic N) is 2. The number of rotatable bonds is 7. The Balaban J connectivity index is 1.16. The van der Waals surface area contributed by atoms with Gasteiger partial charge in [0.25, 0.3) is 5.91 Å². The van der Waals surface area contributed by atoms with Crippen molar-refractivity contribution in [2.45, 2.75) is 6.54 Å². The zero-order valence-corrected chi connectivity index (χ0v) is 19.5. The summed E-state index contributed by atoms with van der Waals surface area (Å²) in [6.45, 7) is 1.04. The van der Waals surface area contributed by atoms with Gasteiger partial charge in [0.15, 0.2) is 11.5 Å². The molecule has 0 fully saturated rings.